The van der Waals surface area contributed by atoms with Gasteiger partial charge in [-0.2, -0.15) is 0 Å². The zero-order chi connectivity index (χ0) is 10.2. The first kappa shape index (κ1) is 9.41. The van der Waals surface area contributed by atoms with Crippen LogP contribution in [0.1, 0.15) is 24.0 Å². The fourth-order valence-corrected chi connectivity index (χ4v) is 1.60. The van der Waals surface area contributed by atoms with Crippen LogP contribution in [0.3, 0.4) is 0 Å². The highest BCUT2D eigenvalue weighted by molar-refractivity contribution is 5.92. The van der Waals surface area contributed by atoms with Crippen LogP contribution in [0.15, 0.2) is 24.3 Å². The van der Waals surface area contributed by atoms with Crippen molar-refractivity contribution in [3.8, 4) is 0 Å². The molecule has 0 bridgehead atoms. The van der Waals surface area contributed by atoms with E-state index in [4.69, 9.17) is 5.73 Å². The van der Waals surface area contributed by atoms with E-state index in [1.165, 1.54) is 5.56 Å². The molecule has 0 aromatic heterocycles. The van der Waals surface area contributed by atoms with Crippen LogP contribution in [0.2, 0.25) is 0 Å². The normalized spacial score (nSPS) is 17.9. The van der Waals surface area contributed by atoms with Crippen LogP contribution >= 0.6 is 0 Å². The van der Waals surface area contributed by atoms with E-state index in [0.29, 0.717) is 6.42 Å². The van der Waals surface area contributed by atoms with Gasteiger partial charge in [0.25, 0.3) is 0 Å². The minimum atomic E-state index is -0.482. The van der Waals surface area contributed by atoms with Gasteiger partial charge >= 0.3 is 0 Å². The predicted molar refractivity (Wildman–Crippen MR) is 56.0 cm³/mol. The molecule has 1 fully saturated rings. The molecule has 1 aliphatic carbocycles. The molecule has 1 aromatic carbocycles. The van der Waals surface area contributed by atoms with E-state index >= 15 is 0 Å². The molecule has 2 nitrogen and oxygen atoms in total. The molecule has 1 aromatic rings. The van der Waals surface area contributed by atoms with Crippen molar-refractivity contribution in [1.82, 2.24) is 0 Å². The van der Waals surface area contributed by atoms with Gasteiger partial charge in [0, 0.05) is 6.42 Å². The number of carbonyl (C=O) groups is 1. The summed E-state index contributed by atoms with van der Waals surface area (Å²) in [6.45, 7) is 2.03. The molecule has 14 heavy (non-hydrogen) atoms. The number of nitrogens with two attached hydrogens (primary N) is 1. The van der Waals surface area contributed by atoms with Crippen LogP contribution in [0.4, 0.5) is 0 Å². The molecule has 2 rings (SSSR count). The van der Waals surface area contributed by atoms with Gasteiger partial charge in [-0.05, 0) is 25.3 Å². The van der Waals surface area contributed by atoms with Crippen LogP contribution in [0, 0.1) is 6.92 Å². The third-order valence-corrected chi connectivity index (χ3v) is 2.79. The van der Waals surface area contributed by atoms with Crippen molar-refractivity contribution in [2.75, 3.05) is 0 Å². The minimum absolute atomic E-state index is 0.183. The Bertz CT molecular complexity index is 366. The molecular weight excluding hydrogens is 174 g/mol. The van der Waals surface area contributed by atoms with Gasteiger partial charge in [0.2, 0.25) is 0 Å². The molecule has 0 radical (unpaired) electrons. The maximum atomic E-state index is 11.7. The summed E-state index contributed by atoms with van der Waals surface area (Å²) in [5.74, 6) is 0.183. The molecule has 0 amide bonds. The quantitative estimate of drug-likeness (QED) is 0.784. The monoisotopic (exact) mass is 189 g/mol. The second kappa shape index (κ2) is 3.21. The second-order valence-electron chi connectivity index (χ2n) is 4.25. The largest absolute Gasteiger partial charge is 0.319 e. The summed E-state index contributed by atoms with van der Waals surface area (Å²) >= 11 is 0. The van der Waals surface area contributed by atoms with Gasteiger partial charge in [-0.3, -0.25) is 4.79 Å². The highest BCUT2D eigenvalue weighted by Gasteiger charge is 2.44. The maximum absolute atomic E-state index is 11.7. The number of Topliss-reactive ketones (excluding diaryl/α,β-unsaturated/α-hetero) is 1. The van der Waals surface area contributed by atoms with Crippen LogP contribution < -0.4 is 5.73 Å². The lowest BCUT2D eigenvalue weighted by Gasteiger charge is -2.07. The fraction of sp³-hybridized carbons (Fsp3) is 0.417. The first-order chi connectivity index (χ1) is 6.60. The standard InChI is InChI=1S/C12H15NO/c1-9-3-2-4-10(7-9)8-11(14)12(13)5-6-12/h2-4,7H,5-6,8,13H2,1H3. The van der Waals surface area contributed by atoms with Gasteiger partial charge in [-0.25, -0.2) is 0 Å². The lowest BCUT2D eigenvalue weighted by molar-refractivity contribution is -0.120. The number of benzene rings is 1. The molecule has 0 saturated heterocycles. The summed E-state index contributed by atoms with van der Waals surface area (Å²) in [5, 5.41) is 0. The van der Waals surface area contributed by atoms with Gasteiger partial charge < -0.3 is 5.73 Å². The van der Waals surface area contributed by atoms with Gasteiger partial charge in [-0.15, -0.1) is 0 Å². The second-order valence-corrected chi connectivity index (χ2v) is 4.25. The summed E-state index contributed by atoms with van der Waals surface area (Å²) in [7, 11) is 0. The number of hydrogen-bond donors (Lipinski definition) is 1. The van der Waals surface area contributed by atoms with Crippen LogP contribution in [0.25, 0.3) is 0 Å². The molecule has 2 heteroatoms. The van der Waals surface area contributed by atoms with Crippen LogP contribution in [0.5, 0.6) is 0 Å². The molecular formula is C12H15NO. The molecule has 0 spiro atoms. The lowest BCUT2D eigenvalue weighted by atomic mass is 10.0. The molecule has 0 unspecified atom stereocenters. The highest BCUT2D eigenvalue weighted by Crippen LogP contribution is 2.34. The molecule has 74 valence electrons. The molecule has 2 N–H and O–H groups in total. The third kappa shape index (κ3) is 1.85. The van der Waals surface area contributed by atoms with Crippen molar-refractivity contribution in [2.24, 2.45) is 5.73 Å². The van der Waals surface area contributed by atoms with Crippen molar-refractivity contribution in [3.63, 3.8) is 0 Å². The Balaban J connectivity index is 2.07. The Morgan fingerprint density at radius 1 is 1.50 bits per heavy atom. The minimum Gasteiger partial charge on any atom is -0.319 e. The first-order valence-corrected chi connectivity index (χ1v) is 4.98. The van der Waals surface area contributed by atoms with E-state index in [1.54, 1.807) is 0 Å². The van der Waals surface area contributed by atoms with Crippen molar-refractivity contribution >= 4 is 5.78 Å². The topological polar surface area (TPSA) is 43.1 Å². The lowest BCUT2D eigenvalue weighted by Crippen LogP contribution is -2.34. The van der Waals surface area contributed by atoms with Crippen LogP contribution in [-0.4, -0.2) is 11.3 Å². The van der Waals surface area contributed by atoms with Crippen molar-refractivity contribution in [1.29, 1.82) is 0 Å². The molecule has 0 heterocycles. The van der Waals surface area contributed by atoms with E-state index in [0.717, 1.165) is 18.4 Å². The predicted octanol–water partition coefficient (Wildman–Crippen LogP) is 1.60. The molecule has 1 saturated carbocycles. The van der Waals surface area contributed by atoms with Crippen molar-refractivity contribution in [3.05, 3.63) is 35.4 Å². The summed E-state index contributed by atoms with van der Waals surface area (Å²) < 4.78 is 0. The van der Waals surface area contributed by atoms with E-state index in [1.807, 2.05) is 31.2 Å². The zero-order valence-electron chi connectivity index (χ0n) is 8.42. The number of rotatable bonds is 3. The Labute approximate surface area is 84.1 Å². The van der Waals surface area contributed by atoms with Crippen LogP contribution in [-0.2, 0) is 11.2 Å². The van der Waals surface area contributed by atoms with E-state index in [2.05, 4.69) is 0 Å². The average molecular weight is 189 g/mol. The molecule has 0 atom stereocenters. The number of ketones is 1. The van der Waals surface area contributed by atoms with Gasteiger partial charge in [0.15, 0.2) is 5.78 Å². The summed E-state index contributed by atoms with van der Waals surface area (Å²) in [6, 6.07) is 8.04. The van der Waals surface area contributed by atoms with Crippen molar-refractivity contribution < 1.29 is 4.79 Å². The smallest absolute Gasteiger partial charge is 0.156 e. The highest BCUT2D eigenvalue weighted by atomic mass is 16.1. The summed E-state index contributed by atoms with van der Waals surface area (Å²) in [5.41, 5.74) is 7.61. The summed E-state index contributed by atoms with van der Waals surface area (Å²) in [4.78, 5) is 11.7. The summed E-state index contributed by atoms with van der Waals surface area (Å²) in [6.07, 6.45) is 2.20. The van der Waals surface area contributed by atoms with E-state index in [-0.39, 0.29) is 5.78 Å². The Morgan fingerprint density at radius 2 is 2.21 bits per heavy atom. The Kier molecular flexibility index (Phi) is 2.16. The van der Waals surface area contributed by atoms with Gasteiger partial charge in [0.05, 0.1) is 5.54 Å². The zero-order valence-corrected chi connectivity index (χ0v) is 8.42. The Hall–Kier alpha value is -1.15. The fourth-order valence-electron chi connectivity index (χ4n) is 1.60. The SMILES string of the molecule is Cc1cccc(CC(=O)C2(N)CC2)c1. The number of carbonyl (C=O) groups excluding carboxylic acids is 1. The third-order valence-electron chi connectivity index (χ3n) is 2.79. The van der Waals surface area contributed by atoms with E-state index in [9.17, 15) is 4.79 Å². The van der Waals surface area contributed by atoms with Crippen molar-refractivity contribution in [2.45, 2.75) is 31.7 Å². The average Bonchev–Trinajstić information content (AvgIpc) is 2.85. The van der Waals surface area contributed by atoms with Gasteiger partial charge in [0.1, 0.15) is 0 Å². The molecule has 0 aliphatic heterocycles. The van der Waals surface area contributed by atoms with E-state index < -0.39 is 5.54 Å². The maximum Gasteiger partial charge on any atom is 0.156 e. The number of hydrogen-bond acceptors (Lipinski definition) is 2. The first-order valence-electron chi connectivity index (χ1n) is 4.98. The number of aryl methyl sites for hydroxylation is 1. The molecule has 1 aliphatic rings. The van der Waals surface area contributed by atoms with Gasteiger partial charge in [-0.1, -0.05) is 29.8 Å². The Morgan fingerprint density at radius 3 is 2.79 bits per heavy atom.